The molecular formula is C22H27N3O2. The first-order valence-corrected chi connectivity index (χ1v) is 9.76. The van der Waals surface area contributed by atoms with E-state index in [0.717, 1.165) is 38.0 Å². The maximum atomic E-state index is 12.8. The minimum atomic E-state index is -0.113. The van der Waals surface area contributed by atoms with Crippen LogP contribution >= 0.6 is 0 Å². The second-order valence-corrected chi connectivity index (χ2v) is 7.96. The van der Waals surface area contributed by atoms with Gasteiger partial charge in [-0.15, -0.1) is 0 Å². The number of benzene rings is 1. The number of amides is 1. The predicted octanol–water partition coefficient (Wildman–Crippen LogP) is 3.20. The van der Waals surface area contributed by atoms with Crippen molar-refractivity contribution in [2.75, 3.05) is 18.0 Å². The topological polar surface area (TPSA) is 54.5 Å². The van der Waals surface area contributed by atoms with Crippen LogP contribution in [0, 0.1) is 0 Å². The van der Waals surface area contributed by atoms with Crippen molar-refractivity contribution in [1.82, 2.24) is 10.3 Å². The van der Waals surface area contributed by atoms with Crippen molar-refractivity contribution in [2.24, 2.45) is 0 Å². The molecule has 2 aliphatic rings. The van der Waals surface area contributed by atoms with Crippen LogP contribution in [0.2, 0.25) is 0 Å². The van der Waals surface area contributed by atoms with E-state index in [2.05, 4.69) is 41.2 Å². The number of carbonyl (C=O) groups is 1. The van der Waals surface area contributed by atoms with Gasteiger partial charge in [0.2, 0.25) is 0 Å². The summed E-state index contributed by atoms with van der Waals surface area (Å²) in [6.45, 7) is 5.82. The van der Waals surface area contributed by atoms with Gasteiger partial charge in [-0.3, -0.25) is 9.78 Å². The monoisotopic (exact) mass is 365 g/mol. The van der Waals surface area contributed by atoms with Gasteiger partial charge in [0.05, 0.1) is 12.2 Å². The van der Waals surface area contributed by atoms with Crippen molar-refractivity contribution in [1.29, 1.82) is 0 Å². The van der Waals surface area contributed by atoms with E-state index >= 15 is 0 Å². The molecule has 1 aromatic carbocycles. The molecule has 1 N–H and O–H groups in total. The van der Waals surface area contributed by atoms with E-state index in [1.807, 2.05) is 30.3 Å². The van der Waals surface area contributed by atoms with Gasteiger partial charge in [-0.25, -0.2) is 0 Å². The zero-order valence-corrected chi connectivity index (χ0v) is 16.0. The summed E-state index contributed by atoms with van der Waals surface area (Å²) in [5.41, 5.74) is 2.66. The minimum Gasteiger partial charge on any atom is -0.372 e. The molecule has 1 aliphatic heterocycles. The van der Waals surface area contributed by atoms with Crippen molar-refractivity contribution in [3.05, 3.63) is 59.9 Å². The van der Waals surface area contributed by atoms with Crippen LogP contribution in [0.3, 0.4) is 0 Å². The van der Waals surface area contributed by atoms with Gasteiger partial charge in [0.15, 0.2) is 0 Å². The molecule has 142 valence electrons. The van der Waals surface area contributed by atoms with Gasteiger partial charge in [-0.05, 0) is 50.8 Å². The first-order valence-electron chi connectivity index (χ1n) is 9.76. The summed E-state index contributed by atoms with van der Waals surface area (Å²) in [5, 5.41) is 3.24. The molecule has 4 rings (SSSR count). The lowest BCUT2D eigenvalue weighted by Crippen LogP contribution is -2.45. The zero-order chi connectivity index (χ0) is 18.9. The fourth-order valence-corrected chi connectivity index (χ4v) is 3.92. The fourth-order valence-electron chi connectivity index (χ4n) is 3.92. The van der Waals surface area contributed by atoms with Crippen molar-refractivity contribution in [3.8, 4) is 0 Å². The number of carbonyl (C=O) groups excluding carboxylic acids is 1. The fraction of sp³-hybridized carbons (Fsp3) is 0.455. The maximum absolute atomic E-state index is 12.8. The minimum absolute atomic E-state index is 0.0837. The predicted molar refractivity (Wildman–Crippen MR) is 106 cm³/mol. The molecule has 2 aromatic rings. The lowest BCUT2D eigenvalue weighted by molar-refractivity contribution is -0.00522. The Morgan fingerprint density at radius 1 is 1.19 bits per heavy atom. The van der Waals surface area contributed by atoms with Crippen LogP contribution in [0.1, 0.15) is 42.7 Å². The molecule has 0 spiro atoms. The molecule has 2 fully saturated rings. The Hall–Kier alpha value is -2.40. The first kappa shape index (κ1) is 18.0. The zero-order valence-electron chi connectivity index (χ0n) is 16.0. The maximum Gasteiger partial charge on any atom is 0.270 e. The summed E-state index contributed by atoms with van der Waals surface area (Å²) >= 11 is 0. The Morgan fingerprint density at radius 3 is 2.56 bits per heavy atom. The number of rotatable bonds is 5. The van der Waals surface area contributed by atoms with Gasteiger partial charge >= 0.3 is 0 Å². The molecule has 5 heteroatoms. The summed E-state index contributed by atoms with van der Waals surface area (Å²) in [7, 11) is 0. The van der Waals surface area contributed by atoms with Gasteiger partial charge in [0, 0.05) is 30.5 Å². The van der Waals surface area contributed by atoms with Crippen LogP contribution in [-0.4, -0.2) is 41.7 Å². The molecule has 2 unspecified atom stereocenters. The third-order valence-electron chi connectivity index (χ3n) is 5.38. The lowest BCUT2D eigenvalue weighted by Gasteiger charge is -2.36. The quantitative estimate of drug-likeness (QED) is 0.884. The number of anilines is 1. The second-order valence-electron chi connectivity index (χ2n) is 7.96. The number of ether oxygens (including phenoxy) is 1. The van der Waals surface area contributed by atoms with E-state index in [1.165, 1.54) is 5.56 Å². The molecule has 1 saturated heterocycles. The largest absolute Gasteiger partial charge is 0.372 e. The summed E-state index contributed by atoms with van der Waals surface area (Å²) in [6, 6.07) is 14.2. The second kappa shape index (κ2) is 7.31. The molecule has 1 aliphatic carbocycles. The normalized spacial score (nSPS) is 23.7. The first-order chi connectivity index (χ1) is 13.0. The Labute approximate surface area is 160 Å². The summed E-state index contributed by atoms with van der Waals surface area (Å²) in [6.07, 6.45) is 5.00. The molecule has 1 aromatic heterocycles. The highest BCUT2D eigenvalue weighted by Crippen LogP contribution is 2.39. The van der Waals surface area contributed by atoms with E-state index in [-0.39, 0.29) is 23.7 Å². The molecule has 0 bridgehead atoms. The third-order valence-corrected chi connectivity index (χ3v) is 5.38. The van der Waals surface area contributed by atoms with Gasteiger partial charge in [0.1, 0.15) is 5.69 Å². The molecule has 1 saturated carbocycles. The summed E-state index contributed by atoms with van der Waals surface area (Å²) < 4.78 is 5.81. The third kappa shape index (κ3) is 4.30. The number of morpholine rings is 1. The van der Waals surface area contributed by atoms with E-state index in [1.54, 1.807) is 6.20 Å². The van der Waals surface area contributed by atoms with Crippen molar-refractivity contribution >= 4 is 11.6 Å². The number of pyridine rings is 1. The van der Waals surface area contributed by atoms with Crippen LogP contribution < -0.4 is 10.2 Å². The van der Waals surface area contributed by atoms with E-state index in [0.29, 0.717) is 5.69 Å². The molecule has 1 amide bonds. The lowest BCUT2D eigenvalue weighted by atomic mass is 10.0. The molecule has 0 radical (unpaired) electrons. The SMILES string of the molecule is CC1CN(c2ccnc(C(=O)NC3(Cc4ccccc4)CC3)c2)CC(C)O1. The molecule has 2 atom stereocenters. The van der Waals surface area contributed by atoms with Crippen LogP contribution in [0.5, 0.6) is 0 Å². The Bertz CT molecular complexity index is 794. The Kier molecular flexibility index (Phi) is 4.87. The number of nitrogens with one attached hydrogen (secondary N) is 1. The van der Waals surface area contributed by atoms with Crippen LogP contribution in [0.25, 0.3) is 0 Å². The molecular weight excluding hydrogens is 338 g/mol. The van der Waals surface area contributed by atoms with Gasteiger partial charge in [0.25, 0.3) is 5.91 Å². The smallest absolute Gasteiger partial charge is 0.270 e. The van der Waals surface area contributed by atoms with Crippen LogP contribution in [-0.2, 0) is 11.2 Å². The van der Waals surface area contributed by atoms with Crippen LogP contribution in [0.15, 0.2) is 48.7 Å². The highest BCUT2D eigenvalue weighted by molar-refractivity contribution is 5.94. The Morgan fingerprint density at radius 2 is 1.89 bits per heavy atom. The number of nitrogens with zero attached hydrogens (tertiary/aromatic N) is 2. The number of aromatic nitrogens is 1. The van der Waals surface area contributed by atoms with Gasteiger partial charge in [-0.1, -0.05) is 30.3 Å². The van der Waals surface area contributed by atoms with Crippen molar-refractivity contribution < 1.29 is 9.53 Å². The summed E-state index contributed by atoms with van der Waals surface area (Å²) in [5.74, 6) is -0.0837. The standard InChI is InChI=1S/C22H27N3O2/c1-16-14-25(15-17(2)27-16)19-8-11-23-20(12-19)21(26)24-22(9-10-22)13-18-6-4-3-5-7-18/h3-8,11-12,16-17H,9-10,13-15H2,1-2H3,(H,24,26). The molecule has 5 nitrogen and oxygen atoms in total. The van der Waals surface area contributed by atoms with Crippen molar-refractivity contribution in [2.45, 2.75) is 50.9 Å². The molecule has 27 heavy (non-hydrogen) atoms. The highest BCUT2D eigenvalue weighted by Gasteiger charge is 2.44. The molecule has 2 heterocycles. The average molecular weight is 365 g/mol. The number of hydrogen-bond donors (Lipinski definition) is 1. The highest BCUT2D eigenvalue weighted by atomic mass is 16.5. The van der Waals surface area contributed by atoms with Crippen molar-refractivity contribution in [3.63, 3.8) is 0 Å². The summed E-state index contributed by atoms with van der Waals surface area (Å²) in [4.78, 5) is 19.4. The van der Waals surface area contributed by atoms with E-state index in [9.17, 15) is 4.79 Å². The Balaban J connectivity index is 1.45. The van der Waals surface area contributed by atoms with Gasteiger partial charge in [-0.2, -0.15) is 0 Å². The van der Waals surface area contributed by atoms with Crippen LogP contribution in [0.4, 0.5) is 5.69 Å². The van der Waals surface area contributed by atoms with Gasteiger partial charge < -0.3 is 15.0 Å². The average Bonchev–Trinajstić information content (AvgIpc) is 3.40. The van der Waals surface area contributed by atoms with E-state index in [4.69, 9.17) is 4.74 Å². The number of hydrogen-bond acceptors (Lipinski definition) is 4. The van der Waals surface area contributed by atoms with E-state index < -0.39 is 0 Å².